The Hall–Kier alpha value is -3.00. The normalized spacial score (nSPS) is 12.8. The summed E-state index contributed by atoms with van der Waals surface area (Å²) in [5.41, 5.74) is 2.18. The molecule has 0 radical (unpaired) electrons. The average Bonchev–Trinajstić information content (AvgIpc) is 2.70. The van der Waals surface area contributed by atoms with E-state index in [1.807, 2.05) is 6.92 Å². The van der Waals surface area contributed by atoms with E-state index in [9.17, 15) is 23.1 Å². The second kappa shape index (κ2) is 8.16. The van der Waals surface area contributed by atoms with Crippen molar-refractivity contribution in [3.63, 3.8) is 0 Å². The van der Waals surface area contributed by atoms with Crippen LogP contribution in [0.4, 0.5) is 13.2 Å². The van der Waals surface area contributed by atoms with Crippen molar-refractivity contribution >= 4 is 16.9 Å². The summed E-state index contributed by atoms with van der Waals surface area (Å²) < 4.78 is 38.4. The molecule has 0 saturated heterocycles. The Morgan fingerprint density at radius 3 is 2.38 bits per heavy atom. The summed E-state index contributed by atoms with van der Waals surface area (Å²) in [4.78, 5) is 21.4. The van der Waals surface area contributed by atoms with Gasteiger partial charge in [-0.1, -0.05) is 19.1 Å². The smallest absolute Gasteiger partial charge is 0.394 e. The molecule has 2 N–H and O–H groups in total. The number of aliphatic hydroxyl groups excluding tert-OH is 1. The fourth-order valence-corrected chi connectivity index (χ4v) is 2.92. The van der Waals surface area contributed by atoms with Gasteiger partial charge >= 0.3 is 6.18 Å². The second-order valence-electron chi connectivity index (χ2n) is 6.70. The Morgan fingerprint density at radius 1 is 1.10 bits per heavy atom. The van der Waals surface area contributed by atoms with Crippen LogP contribution in [0.2, 0.25) is 0 Å². The molecule has 0 saturated carbocycles. The minimum atomic E-state index is -4.41. The monoisotopic (exact) mass is 403 g/mol. The predicted molar refractivity (Wildman–Crippen MR) is 103 cm³/mol. The number of halogens is 3. The van der Waals surface area contributed by atoms with Crippen LogP contribution >= 0.6 is 0 Å². The first kappa shape index (κ1) is 20.7. The number of aliphatic hydroxyl groups is 1. The number of carbonyl (C=O) groups is 1. The molecule has 0 aliphatic rings. The Morgan fingerprint density at radius 2 is 1.79 bits per heavy atom. The quantitative estimate of drug-likeness (QED) is 0.672. The van der Waals surface area contributed by atoms with Crippen molar-refractivity contribution in [3.8, 4) is 11.3 Å². The summed E-state index contributed by atoms with van der Waals surface area (Å²) in [5.74, 6) is -0.341. The Balaban J connectivity index is 1.97. The van der Waals surface area contributed by atoms with Gasteiger partial charge in [-0.05, 0) is 43.7 Å². The minimum Gasteiger partial charge on any atom is -0.394 e. The lowest BCUT2D eigenvalue weighted by molar-refractivity contribution is -0.137. The average molecular weight is 403 g/mol. The summed E-state index contributed by atoms with van der Waals surface area (Å²) in [6, 6.07) is 9.24. The zero-order chi connectivity index (χ0) is 21.2. The molecule has 8 heteroatoms. The summed E-state index contributed by atoms with van der Waals surface area (Å²) in [7, 11) is 0. The van der Waals surface area contributed by atoms with Crippen molar-refractivity contribution < 1.29 is 23.1 Å². The van der Waals surface area contributed by atoms with Crippen molar-refractivity contribution in [1.82, 2.24) is 15.3 Å². The van der Waals surface area contributed by atoms with Crippen LogP contribution in [0.1, 0.15) is 35.0 Å². The maximum absolute atomic E-state index is 12.8. The molecule has 0 spiro atoms. The van der Waals surface area contributed by atoms with Gasteiger partial charge in [0.25, 0.3) is 5.91 Å². The number of hydrogen-bond acceptors (Lipinski definition) is 4. The van der Waals surface area contributed by atoms with E-state index >= 15 is 0 Å². The third-order valence-corrected chi connectivity index (χ3v) is 4.63. The van der Waals surface area contributed by atoms with Crippen LogP contribution in [0.3, 0.4) is 0 Å². The van der Waals surface area contributed by atoms with Gasteiger partial charge < -0.3 is 10.4 Å². The molecule has 5 nitrogen and oxygen atoms in total. The minimum absolute atomic E-state index is 0.160. The lowest BCUT2D eigenvalue weighted by Crippen LogP contribution is -2.36. The van der Waals surface area contributed by atoms with Crippen molar-refractivity contribution in [2.24, 2.45) is 0 Å². The molecule has 0 aliphatic heterocycles. The fraction of sp³-hybridized carbons (Fsp3) is 0.286. The number of aromatic nitrogens is 2. The van der Waals surface area contributed by atoms with Gasteiger partial charge in [0.05, 0.1) is 40.6 Å². The van der Waals surface area contributed by atoms with Gasteiger partial charge in [-0.25, -0.2) is 9.97 Å². The van der Waals surface area contributed by atoms with Crippen LogP contribution in [0.15, 0.2) is 42.5 Å². The van der Waals surface area contributed by atoms with E-state index < -0.39 is 11.7 Å². The van der Waals surface area contributed by atoms with Gasteiger partial charge in [-0.3, -0.25) is 4.79 Å². The lowest BCUT2D eigenvalue weighted by atomic mass is 10.1. The summed E-state index contributed by atoms with van der Waals surface area (Å²) in [5, 5.41) is 12.0. The number of nitrogens with one attached hydrogen (secondary N) is 1. The Labute approximate surface area is 165 Å². The molecule has 0 unspecified atom stereocenters. The highest BCUT2D eigenvalue weighted by molar-refractivity contribution is 5.97. The van der Waals surface area contributed by atoms with Crippen molar-refractivity contribution in [1.29, 1.82) is 0 Å². The molecule has 0 fully saturated rings. The highest BCUT2D eigenvalue weighted by Gasteiger charge is 2.30. The second-order valence-corrected chi connectivity index (χ2v) is 6.70. The maximum Gasteiger partial charge on any atom is 0.416 e. The molecule has 0 bridgehead atoms. The van der Waals surface area contributed by atoms with Gasteiger partial charge in [-0.15, -0.1) is 0 Å². The number of alkyl halides is 3. The van der Waals surface area contributed by atoms with Gasteiger partial charge in [0.1, 0.15) is 0 Å². The Bertz CT molecular complexity index is 1030. The van der Waals surface area contributed by atoms with E-state index in [2.05, 4.69) is 15.3 Å². The number of rotatable bonds is 5. The Kier molecular flexibility index (Phi) is 5.83. The molecule has 152 valence electrons. The molecule has 1 aromatic heterocycles. The zero-order valence-corrected chi connectivity index (χ0v) is 15.9. The molecule has 1 heterocycles. The van der Waals surface area contributed by atoms with Crippen LogP contribution in [-0.4, -0.2) is 33.6 Å². The number of amides is 1. The van der Waals surface area contributed by atoms with Gasteiger partial charge in [0.2, 0.25) is 0 Å². The lowest BCUT2D eigenvalue weighted by Gasteiger charge is -2.14. The van der Waals surface area contributed by atoms with Gasteiger partial charge in [0, 0.05) is 11.1 Å². The first-order valence-corrected chi connectivity index (χ1v) is 9.10. The summed E-state index contributed by atoms with van der Waals surface area (Å²) >= 11 is 0. The number of fused-ring (bicyclic) bond motifs is 1. The number of hydrogen-bond donors (Lipinski definition) is 2. The van der Waals surface area contributed by atoms with Crippen LogP contribution in [0, 0.1) is 6.92 Å². The van der Waals surface area contributed by atoms with Crippen LogP contribution in [0.25, 0.3) is 22.3 Å². The molecule has 1 atom stereocenters. The third-order valence-electron chi connectivity index (χ3n) is 4.63. The third kappa shape index (κ3) is 4.54. The highest BCUT2D eigenvalue weighted by Crippen LogP contribution is 2.31. The van der Waals surface area contributed by atoms with Crippen molar-refractivity contribution in [2.45, 2.75) is 32.5 Å². The van der Waals surface area contributed by atoms with E-state index in [4.69, 9.17) is 0 Å². The molecule has 29 heavy (non-hydrogen) atoms. The largest absolute Gasteiger partial charge is 0.416 e. The SMILES string of the molecule is CC[C@H](CO)NC(=O)c1ccc2nc(C)c(-c3ccc(C(F)(F)F)cc3)nc2c1. The van der Waals surface area contributed by atoms with Crippen molar-refractivity contribution in [2.75, 3.05) is 6.61 Å². The number of nitrogens with zero attached hydrogens (tertiary/aromatic N) is 2. The molecule has 3 aromatic rings. The first-order valence-electron chi connectivity index (χ1n) is 9.10. The van der Waals surface area contributed by atoms with Crippen LogP contribution in [0.5, 0.6) is 0 Å². The topological polar surface area (TPSA) is 75.1 Å². The predicted octanol–water partition coefficient (Wildman–Crippen LogP) is 4.12. The fourth-order valence-electron chi connectivity index (χ4n) is 2.92. The standard InChI is InChI=1S/C21H20F3N3O2/c1-3-16(11-28)26-20(29)14-6-9-17-18(10-14)27-19(12(2)25-17)13-4-7-15(8-5-13)21(22,23)24/h4-10,16,28H,3,11H2,1-2H3,(H,26,29)/t16-/m1/s1. The number of carbonyl (C=O) groups excluding carboxylic acids is 1. The van der Waals surface area contributed by atoms with E-state index in [0.717, 1.165) is 12.1 Å². The maximum atomic E-state index is 12.8. The molecule has 0 aliphatic carbocycles. The van der Waals surface area contributed by atoms with Gasteiger partial charge in [0.15, 0.2) is 0 Å². The van der Waals surface area contributed by atoms with E-state index in [1.165, 1.54) is 12.1 Å². The van der Waals surface area contributed by atoms with Gasteiger partial charge in [-0.2, -0.15) is 13.2 Å². The molecule has 1 amide bonds. The van der Waals surface area contributed by atoms with Crippen molar-refractivity contribution in [3.05, 3.63) is 59.3 Å². The first-order chi connectivity index (χ1) is 13.7. The summed E-state index contributed by atoms with van der Waals surface area (Å²) in [6.07, 6.45) is -3.82. The van der Waals surface area contributed by atoms with E-state index in [-0.39, 0.29) is 18.6 Å². The van der Waals surface area contributed by atoms with Crippen LogP contribution < -0.4 is 5.32 Å². The molecule has 3 rings (SSSR count). The number of aryl methyl sites for hydroxylation is 1. The van der Waals surface area contributed by atoms with Crippen LogP contribution in [-0.2, 0) is 6.18 Å². The molecule has 2 aromatic carbocycles. The summed E-state index contributed by atoms with van der Waals surface area (Å²) in [6.45, 7) is 3.42. The molecular weight excluding hydrogens is 383 g/mol. The zero-order valence-electron chi connectivity index (χ0n) is 15.9. The number of benzene rings is 2. The highest BCUT2D eigenvalue weighted by atomic mass is 19.4. The molecular formula is C21H20F3N3O2. The van der Waals surface area contributed by atoms with E-state index in [1.54, 1.807) is 25.1 Å². The van der Waals surface area contributed by atoms with E-state index in [0.29, 0.717) is 40.0 Å².